The molecular formula is C22H26N4O4S. The van der Waals surface area contributed by atoms with Gasteiger partial charge in [0.2, 0.25) is 5.75 Å². The number of anilines is 1. The van der Waals surface area contributed by atoms with Gasteiger partial charge in [0.25, 0.3) is 5.91 Å². The van der Waals surface area contributed by atoms with Crippen LogP contribution in [0.2, 0.25) is 0 Å². The van der Waals surface area contributed by atoms with Crippen LogP contribution in [0, 0.1) is 0 Å². The molecule has 1 aliphatic rings. The monoisotopic (exact) mass is 442 g/mol. The minimum absolute atomic E-state index is 0.0597. The number of piperazine rings is 1. The van der Waals surface area contributed by atoms with Gasteiger partial charge in [-0.05, 0) is 24.6 Å². The molecule has 31 heavy (non-hydrogen) atoms. The second kappa shape index (κ2) is 8.97. The van der Waals surface area contributed by atoms with Crippen LogP contribution < -0.4 is 19.1 Å². The smallest absolute Gasteiger partial charge is 0.254 e. The van der Waals surface area contributed by atoms with E-state index in [0.717, 1.165) is 22.5 Å². The third kappa shape index (κ3) is 3.97. The van der Waals surface area contributed by atoms with Gasteiger partial charge >= 0.3 is 0 Å². The molecule has 0 atom stereocenters. The van der Waals surface area contributed by atoms with Crippen LogP contribution in [0.4, 0.5) is 5.82 Å². The van der Waals surface area contributed by atoms with E-state index in [1.807, 2.05) is 4.90 Å². The number of rotatable bonds is 6. The van der Waals surface area contributed by atoms with Gasteiger partial charge in [0, 0.05) is 36.6 Å². The van der Waals surface area contributed by atoms with Crippen molar-refractivity contribution in [1.29, 1.82) is 0 Å². The molecule has 1 amide bonds. The standard InChI is InChI=1S/C22H26N4O4S/c1-5-15-12-16-20(23-13-24-21(16)31-15)25-6-8-26(9-7-25)22(27)14-10-17(28-2)19(30-4)18(11-14)29-3/h10-13H,5-9H2,1-4H3. The largest absolute Gasteiger partial charge is 0.493 e. The first kappa shape index (κ1) is 21.2. The molecule has 4 rings (SSSR count). The van der Waals surface area contributed by atoms with Crippen LogP contribution in [0.25, 0.3) is 10.2 Å². The molecule has 0 radical (unpaired) electrons. The quantitative estimate of drug-likeness (QED) is 0.580. The summed E-state index contributed by atoms with van der Waals surface area (Å²) in [7, 11) is 4.63. The molecule has 1 saturated heterocycles. The molecule has 0 aliphatic carbocycles. The third-order valence-corrected chi connectivity index (χ3v) is 6.67. The molecule has 0 unspecified atom stereocenters. The Balaban J connectivity index is 1.52. The average molecular weight is 443 g/mol. The van der Waals surface area contributed by atoms with Crippen LogP contribution in [0.3, 0.4) is 0 Å². The fraction of sp³-hybridized carbons (Fsp3) is 0.409. The van der Waals surface area contributed by atoms with Crippen LogP contribution >= 0.6 is 11.3 Å². The maximum Gasteiger partial charge on any atom is 0.254 e. The summed E-state index contributed by atoms with van der Waals surface area (Å²) in [4.78, 5) is 28.5. The van der Waals surface area contributed by atoms with Gasteiger partial charge in [-0.25, -0.2) is 9.97 Å². The molecule has 0 saturated carbocycles. The summed E-state index contributed by atoms with van der Waals surface area (Å²) in [6.45, 7) is 4.77. The summed E-state index contributed by atoms with van der Waals surface area (Å²) in [6, 6.07) is 5.58. The van der Waals surface area contributed by atoms with Gasteiger partial charge in [-0.15, -0.1) is 11.3 Å². The van der Waals surface area contributed by atoms with Crippen LogP contribution in [-0.2, 0) is 6.42 Å². The first-order valence-corrected chi connectivity index (χ1v) is 11.0. The van der Waals surface area contributed by atoms with E-state index in [0.29, 0.717) is 49.0 Å². The lowest BCUT2D eigenvalue weighted by molar-refractivity contribution is 0.0745. The van der Waals surface area contributed by atoms with Gasteiger partial charge in [-0.1, -0.05) is 6.92 Å². The molecule has 1 aliphatic heterocycles. The fourth-order valence-corrected chi connectivity index (χ4v) is 4.76. The van der Waals surface area contributed by atoms with Crippen molar-refractivity contribution in [3.8, 4) is 17.2 Å². The van der Waals surface area contributed by atoms with E-state index >= 15 is 0 Å². The molecule has 0 bridgehead atoms. The zero-order valence-corrected chi connectivity index (χ0v) is 19.0. The Morgan fingerprint density at radius 3 is 2.26 bits per heavy atom. The molecule has 3 aromatic rings. The van der Waals surface area contributed by atoms with Gasteiger partial charge in [-0.2, -0.15) is 0 Å². The lowest BCUT2D eigenvalue weighted by Crippen LogP contribution is -2.49. The SMILES string of the molecule is CCc1cc2c(N3CCN(C(=O)c4cc(OC)c(OC)c(OC)c4)CC3)ncnc2s1. The lowest BCUT2D eigenvalue weighted by atomic mass is 10.1. The topological polar surface area (TPSA) is 77.0 Å². The van der Waals surface area contributed by atoms with E-state index in [4.69, 9.17) is 14.2 Å². The first-order chi connectivity index (χ1) is 15.1. The normalized spacial score (nSPS) is 14.1. The highest BCUT2D eigenvalue weighted by atomic mass is 32.1. The first-order valence-electron chi connectivity index (χ1n) is 10.2. The third-order valence-electron chi connectivity index (χ3n) is 5.49. The van der Waals surface area contributed by atoms with E-state index in [1.165, 1.54) is 4.88 Å². The van der Waals surface area contributed by atoms with Crippen LogP contribution in [0.15, 0.2) is 24.5 Å². The van der Waals surface area contributed by atoms with Crippen molar-refractivity contribution in [2.45, 2.75) is 13.3 Å². The van der Waals surface area contributed by atoms with E-state index in [-0.39, 0.29) is 5.91 Å². The zero-order valence-electron chi connectivity index (χ0n) is 18.2. The number of fused-ring (bicyclic) bond motifs is 1. The number of aryl methyl sites for hydroxylation is 1. The number of thiophene rings is 1. The van der Waals surface area contributed by atoms with Crippen molar-refractivity contribution in [3.63, 3.8) is 0 Å². The Morgan fingerprint density at radius 1 is 1.00 bits per heavy atom. The highest BCUT2D eigenvalue weighted by Gasteiger charge is 2.26. The number of carbonyl (C=O) groups is 1. The van der Waals surface area contributed by atoms with Gasteiger partial charge < -0.3 is 24.0 Å². The molecule has 0 spiro atoms. The molecule has 1 fully saturated rings. The maximum atomic E-state index is 13.2. The van der Waals surface area contributed by atoms with Crippen LogP contribution in [-0.4, -0.2) is 68.3 Å². The molecule has 0 N–H and O–H groups in total. The fourth-order valence-electron chi connectivity index (χ4n) is 3.83. The molecule has 9 heteroatoms. The predicted molar refractivity (Wildman–Crippen MR) is 121 cm³/mol. The number of ether oxygens (including phenoxy) is 3. The van der Waals surface area contributed by atoms with E-state index in [1.54, 1.807) is 51.1 Å². The van der Waals surface area contributed by atoms with Gasteiger partial charge in [0.1, 0.15) is 17.0 Å². The van der Waals surface area contributed by atoms with Gasteiger partial charge in [0.05, 0.1) is 26.7 Å². The number of amides is 1. The summed E-state index contributed by atoms with van der Waals surface area (Å²) in [6.07, 6.45) is 2.61. The highest BCUT2D eigenvalue weighted by molar-refractivity contribution is 7.18. The van der Waals surface area contributed by atoms with E-state index < -0.39 is 0 Å². The zero-order chi connectivity index (χ0) is 22.0. The number of hydrogen-bond donors (Lipinski definition) is 0. The number of aromatic nitrogens is 2. The second-order valence-corrected chi connectivity index (χ2v) is 8.29. The second-order valence-electron chi connectivity index (χ2n) is 7.18. The van der Waals surface area contributed by atoms with Crippen molar-refractivity contribution < 1.29 is 19.0 Å². The summed E-state index contributed by atoms with van der Waals surface area (Å²) in [5.41, 5.74) is 0.512. The van der Waals surface area contributed by atoms with Crippen molar-refractivity contribution in [1.82, 2.24) is 14.9 Å². The maximum absolute atomic E-state index is 13.2. The van der Waals surface area contributed by atoms with Crippen LogP contribution in [0.5, 0.6) is 17.2 Å². The Morgan fingerprint density at radius 2 is 1.68 bits per heavy atom. The Bertz CT molecular complexity index is 1070. The Hall–Kier alpha value is -3.07. The highest BCUT2D eigenvalue weighted by Crippen LogP contribution is 2.38. The summed E-state index contributed by atoms with van der Waals surface area (Å²) in [5.74, 6) is 2.30. The van der Waals surface area contributed by atoms with Crippen molar-refractivity contribution in [2.75, 3.05) is 52.4 Å². The average Bonchev–Trinajstić information content (AvgIpc) is 3.26. The predicted octanol–water partition coefficient (Wildman–Crippen LogP) is 3.24. The minimum atomic E-state index is -0.0597. The van der Waals surface area contributed by atoms with E-state index in [9.17, 15) is 4.79 Å². The van der Waals surface area contributed by atoms with Gasteiger partial charge in [-0.3, -0.25) is 4.79 Å². The lowest BCUT2D eigenvalue weighted by Gasteiger charge is -2.35. The number of carbonyl (C=O) groups excluding carboxylic acids is 1. The number of nitrogens with zero attached hydrogens (tertiary/aromatic N) is 4. The van der Waals surface area contributed by atoms with Gasteiger partial charge in [0.15, 0.2) is 11.5 Å². The minimum Gasteiger partial charge on any atom is -0.493 e. The van der Waals surface area contributed by atoms with Crippen molar-refractivity contribution in [2.24, 2.45) is 0 Å². The summed E-state index contributed by atoms with van der Waals surface area (Å²) < 4.78 is 16.1. The molecule has 164 valence electrons. The van der Waals surface area contributed by atoms with Crippen LogP contribution in [0.1, 0.15) is 22.2 Å². The molecule has 1 aromatic carbocycles. The number of hydrogen-bond acceptors (Lipinski definition) is 8. The van der Waals surface area contributed by atoms with Crippen molar-refractivity contribution >= 4 is 33.3 Å². The molecule has 3 heterocycles. The van der Waals surface area contributed by atoms with E-state index in [2.05, 4.69) is 27.9 Å². The Labute approximate surface area is 185 Å². The number of benzene rings is 1. The summed E-state index contributed by atoms with van der Waals surface area (Å²) in [5, 5.41) is 1.09. The molecule has 2 aromatic heterocycles. The van der Waals surface area contributed by atoms with Crippen molar-refractivity contribution in [3.05, 3.63) is 35.0 Å². The molecular weight excluding hydrogens is 416 g/mol. The summed E-state index contributed by atoms with van der Waals surface area (Å²) >= 11 is 1.71. The number of methoxy groups -OCH3 is 3. The molecule has 8 nitrogen and oxygen atoms in total. The Kier molecular flexibility index (Phi) is 6.13.